The summed E-state index contributed by atoms with van der Waals surface area (Å²) in [4.78, 5) is 13.1. The normalized spacial score (nSPS) is 17.5. The smallest absolute Gasteiger partial charge is 0.255 e. The van der Waals surface area contributed by atoms with Crippen LogP contribution in [0.4, 0.5) is 5.69 Å². The number of para-hydroxylation sites is 1. The minimum atomic E-state index is -1.02. The van der Waals surface area contributed by atoms with Gasteiger partial charge in [0.25, 0.3) is 5.91 Å². The number of carbonyl (C=O) groups is 1. The van der Waals surface area contributed by atoms with Gasteiger partial charge in [0, 0.05) is 16.6 Å². The molecule has 2 aromatic carbocycles. The van der Waals surface area contributed by atoms with Crippen LogP contribution in [0.15, 0.2) is 66.9 Å². The number of carbonyl (C=O) groups excluding carboxylic acids is 1. The van der Waals surface area contributed by atoms with Crippen molar-refractivity contribution in [3.8, 4) is 12.1 Å². The molecule has 5 nitrogen and oxygen atoms in total. The average Bonchev–Trinajstić information content (AvgIpc) is 2.95. The number of anilines is 1. The molecule has 1 aliphatic rings. The molecule has 1 N–H and O–H groups in total. The third kappa shape index (κ3) is 3.13. The first-order chi connectivity index (χ1) is 12.6. The van der Waals surface area contributed by atoms with Crippen LogP contribution >= 0.6 is 11.6 Å². The Balaban J connectivity index is 2.04. The van der Waals surface area contributed by atoms with Crippen molar-refractivity contribution in [2.24, 2.45) is 11.8 Å². The molecule has 128 valence electrons. The highest BCUT2D eigenvalue weighted by atomic mass is 35.5. The monoisotopic (exact) mass is 362 g/mol. The summed E-state index contributed by atoms with van der Waals surface area (Å²) in [7, 11) is 0. The van der Waals surface area contributed by atoms with Crippen molar-refractivity contribution < 1.29 is 4.79 Å². The predicted molar refractivity (Wildman–Crippen MR) is 98.6 cm³/mol. The predicted octanol–water partition coefficient (Wildman–Crippen LogP) is 3.77. The summed E-state index contributed by atoms with van der Waals surface area (Å²) in [6, 6.07) is 20.0. The summed E-state index contributed by atoms with van der Waals surface area (Å²) in [5, 5.41) is 20.8. The molecular formula is C20H15ClN4O. The SMILES string of the molecule is C=C1NN(c2ccccc2)C(=O)C1C(c1cccc(Cl)c1)C(C#N)C#N. The lowest BCUT2D eigenvalue weighted by atomic mass is 9.76. The molecule has 0 aliphatic carbocycles. The third-order valence-corrected chi connectivity index (χ3v) is 4.60. The van der Waals surface area contributed by atoms with Gasteiger partial charge in [-0.25, -0.2) is 5.01 Å². The summed E-state index contributed by atoms with van der Waals surface area (Å²) in [5.41, 5.74) is 4.74. The number of hydrogen-bond donors (Lipinski definition) is 1. The van der Waals surface area contributed by atoms with E-state index in [0.29, 0.717) is 22.0 Å². The number of nitrogens with one attached hydrogen (secondary N) is 1. The number of nitriles is 2. The number of benzene rings is 2. The Labute approximate surface area is 156 Å². The van der Waals surface area contributed by atoms with Crippen molar-refractivity contribution in [2.45, 2.75) is 5.92 Å². The van der Waals surface area contributed by atoms with Crippen LogP contribution in [0, 0.1) is 34.5 Å². The Hall–Kier alpha value is -3.28. The van der Waals surface area contributed by atoms with Crippen LogP contribution in [0.25, 0.3) is 0 Å². The first-order valence-corrected chi connectivity index (χ1v) is 8.33. The maximum atomic E-state index is 13.1. The molecule has 0 saturated carbocycles. The zero-order chi connectivity index (χ0) is 18.7. The number of halogens is 1. The van der Waals surface area contributed by atoms with Crippen LogP contribution in [-0.4, -0.2) is 5.91 Å². The Morgan fingerprint density at radius 1 is 1.12 bits per heavy atom. The molecule has 0 aromatic heterocycles. The van der Waals surface area contributed by atoms with E-state index in [1.54, 1.807) is 36.4 Å². The number of hydrogen-bond acceptors (Lipinski definition) is 4. The van der Waals surface area contributed by atoms with Crippen molar-refractivity contribution in [1.29, 1.82) is 10.5 Å². The topological polar surface area (TPSA) is 79.9 Å². The van der Waals surface area contributed by atoms with Crippen molar-refractivity contribution in [1.82, 2.24) is 5.43 Å². The first-order valence-electron chi connectivity index (χ1n) is 7.96. The summed E-state index contributed by atoms with van der Waals surface area (Å²) < 4.78 is 0. The molecule has 1 heterocycles. The average molecular weight is 363 g/mol. The lowest BCUT2D eigenvalue weighted by Crippen LogP contribution is -2.35. The highest BCUT2D eigenvalue weighted by Gasteiger charge is 2.45. The van der Waals surface area contributed by atoms with Crippen molar-refractivity contribution in [2.75, 3.05) is 5.01 Å². The second-order valence-electron chi connectivity index (χ2n) is 5.94. The molecule has 1 saturated heterocycles. The van der Waals surface area contributed by atoms with Gasteiger partial charge in [-0.15, -0.1) is 0 Å². The van der Waals surface area contributed by atoms with Crippen LogP contribution in [0.1, 0.15) is 11.5 Å². The number of nitrogens with zero attached hydrogens (tertiary/aromatic N) is 3. The van der Waals surface area contributed by atoms with E-state index in [4.69, 9.17) is 11.6 Å². The molecule has 1 aliphatic heterocycles. The molecule has 0 radical (unpaired) electrons. The number of hydrazine groups is 1. The van der Waals surface area contributed by atoms with Gasteiger partial charge in [0.1, 0.15) is 5.92 Å². The second-order valence-corrected chi connectivity index (χ2v) is 6.38. The van der Waals surface area contributed by atoms with Crippen LogP contribution in [0.3, 0.4) is 0 Å². The Kier molecular flexibility index (Phi) is 4.93. The zero-order valence-electron chi connectivity index (χ0n) is 13.8. The van der Waals surface area contributed by atoms with Gasteiger partial charge in [-0.2, -0.15) is 10.5 Å². The van der Waals surface area contributed by atoms with Gasteiger partial charge in [-0.05, 0) is 29.8 Å². The van der Waals surface area contributed by atoms with Gasteiger partial charge in [-0.1, -0.05) is 48.5 Å². The molecule has 3 rings (SSSR count). The molecule has 26 heavy (non-hydrogen) atoms. The van der Waals surface area contributed by atoms with Crippen molar-refractivity contribution in [3.63, 3.8) is 0 Å². The summed E-state index contributed by atoms with van der Waals surface area (Å²) in [5.74, 6) is -2.71. The van der Waals surface area contributed by atoms with Gasteiger partial charge in [-0.3, -0.25) is 10.2 Å². The Morgan fingerprint density at radius 3 is 2.42 bits per heavy atom. The summed E-state index contributed by atoms with van der Waals surface area (Å²) in [6.45, 7) is 3.96. The van der Waals surface area contributed by atoms with E-state index in [1.165, 1.54) is 5.01 Å². The minimum absolute atomic E-state index is 0.262. The van der Waals surface area contributed by atoms with Gasteiger partial charge >= 0.3 is 0 Å². The van der Waals surface area contributed by atoms with Gasteiger partial charge in [0.2, 0.25) is 0 Å². The molecule has 0 spiro atoms. The van der Waals surface area contributed by atoms with E-state index in [-0.39, 0.29) is 5.91 Å². The van der Waals surface area contributed by atoms with E-state index in [1.807, 2.05) is 30.3 Å². The molecule has 2 aromatic rings. The molecule has 2 atom stereocenters. The molecular weight excluding hydrogens is 348 g/mol. The highest BCUT2D eigenvalue weighted by molar-refractivity contribution is 6.30. The van der Waals surface area contributed by atoms with Crippen molar-refractivity contribution >= 4 is 23.2 Å². The standard InChI is InChI=1S/C20H15ClN4O/c1-13-18(20(26)25(24-13)17-8-3-2-4-9-17)19(15(11-22)12-23)14-6-5-7-16(21)10-14/h2-10,15,18-19,24H,1H2. The molecule has 1 amide bonds. The zero-order valence-corrected chi connectivity index (χ0v) is 14.5. The Morgan fingerprint density at radius 2 is 1.81 bits per heavy atom. The Bertz CT molecular complexity index is 915. The summed E-state index contributed by atoms with van der Waals surface area (Å²) in [6.07, 6.45) is 0. The van der Waals surface area contributed by atoms with Crippen LogP contribution in [0.5, 0.6) is 0 Å². The maximum absolute atomic E-state index is 13.1. The number of amides is 1. The fourth-order valence-electron chi connectivity index (χ4n) is 3.18. The van der Waals surface area contributed by atoms with E-state index < -0.39 is 17.8 Å². The molecule has 6 heteroatoms. The third-order valence-electron chi connectivity index (χ3n) is 4.36. The summed E-state index contributed by atoms with van der Waals surface area (Å²) >= 11 is 6.08. The lowest BCUT2D eigenvalue weighted by molar-refractivity contribution is -0.120. The quantitative estimate of drug-likeness (QED) is 0.897. The molecule has 0 bridgehead atoms. The lowest BCUT2D eigenvalue weighted by Gasteiger charge is -2.23. The van der Waals surface area contributed by atoms with Crippen LogP contribution in [0.2, 0.25) is 5.02 Å². The fourth-order valence-corrected chi connectivity index (χ4v) is 3.38. The number of rotatable bonds is 4. The second kappa shape index (κ2) is 7.31. The van der Waals surface area contributed by atoms with E-state index >= 15 is 0 Å². The van der Waals surface area contributed by atoms with Gasteiger partial charge in [0.05, 0.1) is 23.7 Å². The van der Waals surface area contributed by atoms with Crippen LogP contribution < -0.4 is 10.4 Å². The molecule has 2 unspecified atom stereocenters. The van der Waals surface area contributed by atoms with Crippen LogP contribution in [-0.2, 0) is 4.79 Å². The van der Waals surface area contributed by atoms with E-state index in [9.17, 15) is 15.3 Å². The van der Waals surface area contributed by atoms with Gasteiger partial charge in [0.15, 0.2) is 0 Å². The van der Waals surface area contributed by atoms with E-state index in [0.717, 1.165) is 0 Å². The van der Waals surface area contributed by atoms with E-state index in [2.05, 4.69) is 12.0 Å². The fraction of sp³-hybridized carbons (Fsp3) is 0.150. The highest BCUT2D eigenvalue weighted by Crippen LogP contribution is 2.40. The van der Waals surface area contributed by atoms with Gasteiger partial charge < -0.3 is 0 Å². The largest absolute Gasteiger partial charge is 0.295 e. The molecule has 1 fully saturated rings. The first kappa shape index (κ1) is 17.5. The minimum Gasteiger partial charge on any atom is -0.295 e. The maximum Gasteiger partial charge on any atom is 0.255 e. The van der Waals surface area contributed by atoms with Crippen molar-refractivity contribution in [3.05, 3.63) is 77.5 Å².